The van der Waals surface area contributed by atoms with Crippen LogP contribution in [0.15, 0.2) is 22.8 Å². The Bertz CT molecular complexity index is 634. The van der Waals surface area contributed by atoms with Gasteiger partial charge in [0.2, 0.25) is 5.89 Å². The monoisotopic (exact) mass is 300 g/mol. The summed E-state index contributed by atoms with van der Waals surface area (Å²) in [7, 11) is 0. The number of hydrogen-bond acceptors (Lipinski definition) is 3. The number of benzene rings is 1. The molecule has 1 aromatic carbocycles. The molecule has 0 bridgehead atoms. The highest BCUT2D eigenvalue weighted by Gasteiger charge is 2.27. The van der Waals surface area contributed by atoms with Gasteiger partial charge in [-0.1, -0.05) is 41.5 Å². The van der Waals surface area contributed by atoms with Gasteiger partial charge in [-0.3, -0.25) is 0 Å². The van der Waals surface area contributed by atoms with Gasteiger partial charge in [0.25, 0.3) is 0 Å². The molecular weight excluding hydrogens is 274 g/mol. The van der Waals surface area contributed by atoms with E-state index in [0.717, 1.165) is 22.4 Å². The minimum atomic E-state index is -0.165. The van der Waals surface area contributed by atoms with E-state index in [2.05, 4.69) is 53.5 Å². The maximum atomic E-state index is 10.7. The Hall–Kier alpha value is -1.77. The van der Waals surface area contributed by atoms with Gasteiger partial charge in [-0.2, -0.15) is 0 Å². The minimum Gasteiger partial charge on any atom is -0.507 e. The third-order valence-corrected chi connectivity index (χ3v) is 3.78. The summed E-state index contributed by atoms with van der Waals surface area (Å²) in [4.78, 5) is 4.46. The smallest absolute Gasteiger partial charge is 0.226 e. The average molecular weight is 300 g/mol. The minimum absolute atomic E-state index is 0.165. The highest BCUT2D eigenvalue weighted by molar-refractivity contribution is 5.63. The first-order chi connectivity index (χ1) is 10.0. The van der Waals surface area contributed by atoms with Crippen molar-refractivity contribution in [2.24, 2.45) is 0 Å². The van der Waals surface area contributed by atoms with Gasteiger partial charge in [0.15, 0.2) is 0 Å². The molecule has 119 valence electrons. The fraction of sp³-hybridized carbons (Fsp3) is 0.474. The Morgan fingerprint density at radius 3 is 1.91 bits per heavy atom. The zero-order chi connectivity index (χ0) is 16.7. The largest absolute Gasteiger partial charge is 0.507 e. The van der Waals surface area contributed by atoms with Crippen molar-refractivity contribution in [1.29, 1.82) is 0 Å². The fourth-order valence-corrected chi connectivity index (χ4v) is 2.46. The Labute approximate surface area is 133 Å². The number of oxazole rings is 1. The number of hydrogen-bond donors (Lipinski definition) is 1. The van der Waals surface area contributed by atoms with Crippen molar-refractivity contribution >= 4 is 0 Å². The molecule has 1 heterocycles. The number of rotatable bonds is 2. The average Bonchev–Trinajstić information content (AvgIpc) is 2.85. The van der Waals surface area contributed by atoms with Gasteiger partial charge >= 0.3 is 0 Å². The molecule has 0 atom stereocenters. The molecule has 0 unspecified atom stereocenters. The lowest BCUT2D eigenvalue weighted by Crippen LogP contribution is -2.17. The highest BCUT2D eigenvalue weighted by Crippen LogP contribution is 2.41. The van der Waals surface area contributed by atoms with Crippen LogP contribution in [0.2, 0.25) is 0 Å². The van der Waals surface area contributed by atoms with Crippen LogP contribution in [-0.4, -0.2) is 10.1 Å². The summed E-state index contributed by atoms with van der Waals surface area (Å²) in [6.45, 7) is 16.4. The molecule has 2 aromatic rings. The van der Waals surface area contributed by atoms with E-state index in [1.54, 1.807) is 6.26 Å². The number of aromatic hydroxyl groups is 1. The van der Waals surface area contributed by atoms with Crippen molar-refractivity contribution in [1.82, 2.24) is 4.98 Å². The Morgan fingerprint density at radius 1 is 1.05 bits per heavy atom. The second-order valence-electron chi connectivity index (χ2n) is 7.81. The third kappa shape index (κ3) is 3.18. The van der Waals surface area contributed by atoms with Crippen molar-refractivity contribution in [3.8, 4) is 17.2 Å². The predicted octanol–water partition coefficient (Wildman–Crippen LogP) is 5.02. The van der Waals surface area contributed by atoms with Gasteiger partial charge < -0.3 is 9.52 Å². The van der Waals surface area contributed by atoms with Crippen LogP contribution >= 0.6 is 0 Å². The van der Waals surface area contributed by atoms with E-state index in [1.165, 1.54) is 0 Å². The van der Waals surface area contributed by atoms with Gasteiger partial charge in [0.1, 0.15) is 12.0 Å². The molecule has 0 saturated carbocycles. The zero-order valence-corrected chi connectivity index (χ0v) is 14.4. The zero-order valence-electron chi connectivity index (χ0n) is 14.4. The van der Waals surface area contributed by atoms with E-state index < -0.39 is 0 Å². The first-order valence-electron chi connectivity index (χ1n) is 7.66. The topological polar surface area (TPSA) is 46.3 Å². The summed E-state index contributed by atoms with van der Waals surface area (Å²) in [6, 6.07) is 3.95. The molecule has 0 aliphatic heterocycles. The highest BCUT2D eigenvalue weighted by atomic mass is 16.3. The standard InChI is InChI=1S/C19H26NO2/c1-8-13-11-22-17(20-13)12-9-14(18(2,3)4)16(21)15(10-12)19(5,6)7/h9-11,21H,1,8H2,2-7H3. The molecule has 0 aliphatic rings. The summed E-state index contributed by atoms with van der Waals surface area (Å²) < 4.78 is 5.58. The number of phenolic OH excluding ortho intramolecular Hbond substituents is 1. The van der Waals surface area contributed by atoms with E-state index in [1.807, 2.05) is 12.1 Å². The van der Waals surface area contributed by atoms with E-state index in [-0.39, 0.29) is 10.8 Å². The van der Waals surface area contributed by atoms with Crippen molar-refractivity contribution in [2.75, 3.05) is 0 Å². The van der Waals surface area contributed by atoms with Gasteiger partial charge in [-0.05, 0) is 36.3 Å². The summed E-state index contributed by atoms with van der Waals surface area (Å²) in [5.74, 6) is 0.947. The van der Waals surface area contributed by atoms with Gasteiger partial charge in [-0.25, -0.2) is 4.98 Å². The summed E-state index contributed by atoms with van der Waals surface area (Å²) in [5, 5.41) is 10.7. The second kappa shape index (κ2) is 5.45. The van der Waals surface area contributed by atoms with Crippen LogP contribution in [-0.2, 0) is 17.3 Å². The normalized spacial score (nSPS) is 12.7. The number of phenols is 1. The van der Waals surface area contributed by atoms with Crippen LogP contribution in [0.1, 0.15) is 58.4 Å². The van der Waals surface area contributed by atoms with Crippen molar-refractivity contribution < 1.29 is 9.52 Å². The summed E-state index contributed by atoms with van der Waals surface area (Å²) >= 11 is 0. The Kier molecular flexibility index (Phi) is 4.12. The summed E-state index contributed by atoms with van der Waals surface area (Å²) in [5.41, 5.74) is 3.21. The van der Waals surface area contributed by atoms with E-state index >= 15 is 0 Å². The molecule has 0 amide bonds. The van der Waals surface area contributed by atoms with Crippen LogP contribution in [0.3, 0.4) is 0 Å². The molecule has 3 heteroatoms. The van der Waals surface area contributed by atoms with Crippen LogP contribution in [0.25, 0.3) is 11.5 Å². The molecule has 0 saturated heterocycles. The molecular formula is C19H26NO2. The predicted molar refractivity (Wildman–Crippen MR) is 90.1 cm³/mol. The lowest BCUT2D eigenvalue weighted by Gasteiger charge is -2.27. The van der Waals surface area contributed by atoms with Gasteiger partial charge in [-0.15, -0.1) is 0 Å². The fourth-order valence-electron chi connectivity index (χ4n) is 2.46. The molecule has 3 nitrogen and oxygen atoms in total. The summed E-state index contributed by atoms with van der Waals surface area (Å²) in [6.07, 6.45) is 2.24. The quantitative estimate of drug-likeness (QED) is 0.847. The Morgan fingerprint density at radius 2 is 1.55 bits per heavy atom. The number of nitrogens with zero attached hydrogens (tertiary/aromatic N) is 1. The van der Waals surface area contributed by atoms with Crippen molar-refractivity contribution in [2.45, 2.75) is 58.8 Å². The van der Waals surface area contributed by atoms with Crippen molar-refractivity contribution in [3.05, 3.63) is 42.1 Å². The lowest BCUT2D eigenvalue weighted by molar-refractivity contribution is 0.423. The van der Waals surface area contributed by atoms with Gasteiger partial charge in [0, 0.05) is 16.7 Å². The molecule has 1 aromatic heterocycles. The third-order valence-electron chi connectivity index (χ3n) is 3.78. The lowest BCUT2D eigenvalue weighted by atomic mass is 9.78. The SMILES string of the molecule is [CH2]Cc1coc(-c2cc(C(C)(C)C)c(O)c(C(C)(C)C)c2)n1. The molecule has 0 fully saturated rings. The molecule has 1 radical (unpaired) electrons. The van der Waals surface area contributed by atoms with Crippen LogP contribution in [0.4, 0.5) is 0 Å². The molecule has 1 N–H and O–H groups in total. The first-order valence-corrected chi connectivity index (χ1v) is 7.66. The number of aromatic nitrogens is 1. The van der Waals surface area contributed by atoms with Gasteiger partial charge in [0.05, 0.1) is 5.69 Å². The van der Waals surface area contributed by atoms with Crippen LogP contribution in [0.5, 0.6) is 5.75 Å². The van der Waals surface area contributed by atoms with E-state index in [0.29, 0.717) is 18.1 Å². The molecule has 0 aliphatic carbocycles. The second-order valence-corrected chi connectivity index (χ2v) is 7.81. The van der Waals surface area contributed by atoms with E-state index in [9.17, 15) is 5.11 Å². The van der Waals surface area contributed by atoms with Crippen molar-refractivity contribution in [3.63, 3.8) is 0 Å². The maximum Gasteiger partial charge on any atom is 0.226 e. The first kappa shape index (κ1) is 16.6. The Balaban J connectivity index is 2.70. The van der Waals surface area contributed by atoms with E-state index in [4.69, 9.17) is 4.42 Å². The molecule has 2 rings (SSSR count). The molecule has 0 spiro atoms. The van der Waals surface area contributed by atoms with Crippen LogP contribution < -0.4 is 0 Å². The maximum absolute atomic E-state index is 10.7. The molecule has 22 heavy (non-hydrogen) atoms. The van der Waals surface area contributed by atoms with Crippen LogP contribution in [0, 0.1) is 6.92 Å².